The quantitative estimate of drug-likeness (QED) is 0.0376. The molecule has 0 aliphatic carbocycles. The lowest BCUT2D eigenvalue weighted by Crippen LogP contribution is -2.70. The number of thioether (sulfide) groups is 1. The van der Waals surface area contributed by atoms with Crippen LogP contribution >= 0.6 is 31.4 Å². The zero-order chi connectivity index (χ0) is 32.6. The van der Waals surface area contributed by atoms with E-state index in [1.165, 1.54) is 22.7 Å². The molecule has 2 saturated heterocycles. The summed E-state index contributed by atoms with van der Waals surface area (Å²) in [7, 11) is -2.18. The third-order valence-electron chi connectivity index (χ3n) is 6.66. The number of amides is 2. The minimum absolute atomic E-state index is 0.0226. The summed E-state index contributed by atoms with van der Waals surface area (Å²) < 4.78 is 36.8. The molecule has 2 aromatic heterocycles. The van der Waals surface area contributed by atoms with Crippen molar-refractivity contribution in [1.82, 2.24) is 24.2 Å². The van der Waals surface area contributed by atoms with Gasteiger partial charge in [0.2, 0.25) is 22.6 Å². The molecule has 2 amide bonds. The molecule has 3 unspecified atom stereocenters. The fourth-order valence-corrected chi connectivity index (χ4v) is 7.75. The van der Waals surface area contributed by atoms with Gasteiger partial charge in [0.15, 0.2) is 25.2 Å². The third-order valence-corrected chi connectivity index (χ3v) is 10.1. The third kappa shape index (κ3) is 7.68. The number of carbonyl (C=O) groups excluding carboxylic acids is 2. The standard InChI is InChI=1S/C26H29N8O9PS2/c1-3-11-42-29-18(20-28-25(46-31-20)30-44(39)33-10-12-40-14-17(33)41-4-2)21(35)27-19-22(36)34-23(43-26(37)38)16(15-45-24(19)34)13-32-8-6-5-7-9-32/h3,5-9,17,19,24H,1,4,10-15H2,2H3,(H-2,27,28,30,31,35,37,38,39)/p+2/t17?,19?,24-/m0/s1. The predicted molar refractivity (Wildman–Crippen MR) is 165 cm³/mol. The molecule has 0 radical (unpaired) electrons. The van der Waals surface area contributed by atoms with E-state index in [-0.39, 0.29) is 35.8 Å². The maximum atomic E-state index is 13.5. The number of rotatable bonds is 14. The number of anilines is 1. The number of carboxylic acid groups (broad SMARTS) is 1. The van der Waals surface area contributed by atoms with Crippen LogP contribution in [0.25, 0.3) is 0 Å². The molecule has 0 bridgehead atoms. The first-order valence-electron chi connectivity index (χ1n) is 14.0. The number of hydrogen-bond donors (Lipinski definition) is 3. The highest BCUT2D eigenvalue weighted by atomic mass is 32.2. The predicted octanol–water partition coefficient (Wildman–Crippen LogP) is 1.50. The van der Waals surface area contributed by atoms with Crippen LogP contribution in [-0.2, 0) is 39.7 Å². The SMILES string of the molecule is C=CCON=C(C(=O)NC1C(=O)N2C(OC(=O)O)=C(C[n+]3ccccc3)CS[C@@H]12)c1nsc(N[P+](=O)N2CCOCC2OCC)n1. The van der Waals surface area contributed by atoms with Crippen molar-refractivity contribution in [3.05, 3.63) is 60.5 Å². The van der Waals surface area contributed by atoms with Crippen molar-refractivity contribution in [2.24, 2.45) is 5.16 Å². The molecule has 3 aliphatic rings. The Morgan fingerprint density at radius 1 is 1.35 bits per heavy atom. The van der Waals surface area contributed by atoms with Gasteiger partial charge in [-0.25, -0.2) is 9.36 Å². The van der Waals surface area contributed by atoms with Crippen molar-refractivity contribution in [1.29, 1.82) is 0 Å². The Bertz CT molecular complexity index is 1540. The molecule has 17 nitrogen and oxygen atoms in total. The van der Waals surface area contributed by atoms with Gasteiger partial charge in [-0.15, -0.1) is 16.8 Å². The van der Waals surface area contributed by atoms with Crippen LogP contribution in [0.5, 0.6) is 0 Å². The van der Waals surface area contributed by atoms with Gasteiger partial charge < -0.3 is 29.5 Å². The smallest absolute Gasteiger partial charge is 0.449 e. The number of hydrogen-bond acceptors (Lipinski definition) is 13. The van der Waals surface area contributed by atoms with E-state index >= 15 is 0 Å². The molecule has 3 aliphatic heterocycles. The molecule has 2 fully saturated rings. The Morgan fingerprint density at radius 2 is 2.15 bits per heavy atom. The second kappa shape index (κ2) is 15.5. The van der Waals surface area contributed by atoms with Crippen molar-refractivity contribution in [3.8, 4) is 0 Å². The number of morpholine rings is 1. The summed E-state index contributed by atoms with van der Waals surface area (Å²) in [5, 5.41) is 18.2. The van der Waals surface area contributed by atoms with E-state index in [2.05, 4.69) is 31.5 Å². The molecule has 2 aromatic rings. The van der Waals surface area contributed by atoms with Crippen LogP contribution in [0.3, 0.4) is 0 Å². The van der Waals surface area contributed by atoms with E-state index in [0.717, 1.165) is 11.5 Å². The van der Waals surface area contributed by atoms with Gasteiger partial charge in [0.1, 0.15) is 18.0 Å². The first-order valence-corrected chi connectivity index (χ1v) is 17.0. The highest BCUT2D eigenvalue weighted by molar-refractivity contribution is 8.00. The number of ether oxygens (including phenoxy) is 3. The van der Waals surface area contributed by atoms with Gasteiger partial charge in [0.05, 0.1) is 25.3 Å². The number of nitrogens with zero attached hydrogens (tertiary/aromatic N) is 6. The molecule has 20 heteroatoms. The highest BCUT2D eigenvalue weighted by Crippen LogP contribution is 2.41. The molecule has 3 N–H and O–H groups in total. The van der Waals surface area contributed by atoms with Gasteiger partial charge in [0, 0.05) is 36.0 Å². The van der Waals surface area contributed by atoms with Crippen molar-refractivity contribution in [3.63, 3.8) is 0 Å². The van der Waals surface area contributed by atoms with E-state index in [1.54, 1.807) is 4.67 Å². The number of aromatic nitrogens is 3. The number of β-lactam (4-membered cyclic amide) rings is 1. The summed E-state index contributed by atoms with van der Waals surface area (Å²) in [6, 6.07) is 4.48. The van der Waals surface area contributed by atoms with Crippen molar-refractivity contribution < 1.29 is 47.7 Å². The normalized spacial score (nSPS) is 22.0. The van der Waals surface area contributed by atoms with E-state index in [4.69, 9.17) is 19.0 Å². The lowest BCUT2D eigenvalue weighted by Gasteiger charge is -2.48. The van der Waals surface area contributed by atoms with Crippen LogP contribution in [0.1, 0.15) is 12.7 Å². The largest absolute Gasteiger partial charge is 0.569 e. The summed E-state index contributed by atoms with van der Waals surface area (Å²) in [5.41, 5.74) is 0.262. The van der Waals surface area contributed by atoms with Gasteiger partial charge in [0.25, 0.3) is 11.8 Å². The summed E-state index contributed by atoms with van der Waals surface area (Å²) >= 11 is 2.20. The number of oxime groups is 1. The van der Waals surface area contributed by atoms with Gasteiger partial charge in [-0.2, -0.15) is 9.36 Å². The Morgan fingerprint density at radius 3 is 2.89 bits per heavy atom. The van der Waals surface area contributed by atoms with Gasteiger partial charge >= 0.3 is 14.3 Å². The Balaban J connectivity index is 1.29. The van der Waals surface area contributed by atoms with Crippen molar-refractivity contribution in [2.75, 3.05) is 43.8 Å². The van der Waals surface area contributed by atoms with Crippen LogP contribution < -0.4 is 15.0 Å². The summed E-state index contributed by atoms with van der Waals surface area (Å²) in [4.78, 5) is 48.9. The van der Waals surface area contributed by atoms with Crippen molar-refractivity contribution >= 4 is 60.2 Å². The fraction of sp³-hybridized carbons (Fsp3) is 0.423. The first kappa shape index (κ1) is 33.4. The van der Waals surface area contributed by atoms with Crippen LogP contribution in [0.15, 0.2) is 59.9 Å². The molecule has 244 valence electrons. The molecule has 5 rings (SSSR count). The van der Waals surface area contributed by atoms with Crippen LogP contribution in [0.2, 0.25) is 0 Å². The average molecular weight is 695 g/mol. The van der Waals surface area contributed by atoms with Crippen molar-refractivity contribution in [2.45, 2.75) is 31.1 Å². The van der Waals surface area contributed by atoms with Gasteiger partial charge in [-0.05, 0) is 16.2 Å². The molecule has 4 atom stereocenters. The number of nitrogens with one attached hydrogen (secondary N) is 2. The summed E-state index contributed by atoms with van der Waals surface area (Å²) in [6.45, 7) is 7.10. The average Bonchev–Trinajstić information content (AvgIpc) is 3.50. The van der Waals surface area contributed by atoms with E-state index in [9.17, 15) is 24.1 Å². The van der Waals surface area contributed by atoms with Gasteiger partial charge in [-0.3, -0.25) is 14.5 Å². The van der Waals surface area contributed by atoms with E-state index in [1.807, 2.05) is 42.1 Å². The number of carbonyl (C=O) groups is 3. The van der Waals surface area contributed by atoms with Gasteiger partial charge in [-0.1, -0.05) is 23.9 Å². The molecular weight excluding hydrogens is 663 g/mol. The zero-order valence-electron chi connectivity index (χ0n) is 24.5. The maximum absolute atomic E-state index is 13.5. The topological polar surface area (TPSA) is 198 Å². The summed E-state index contributed by atoms with van der Waals surface area (Å²) in [6.07, 6.45) is 2.98. The Hall–Kier alpha value is -4.00. The lowest BCUT2D eigenvalue weighted by molar-refractivity contribution is -0.689. The fourth-order valence-electron chi connectivity index (χ4n) is 4.64. The molecule has 5 heterocycles. The number of fused-ring (bicyclic) bond motifs is 1. The molecule has 0 aromatic carbocycles. The second-order valence-corrected chi connectivity index (χ2v) is 12.8. The van der Waals surface area contributed by atoms with E-state index < -0.39 is 43.7 Å². The molecule has 0 spiro atoms. The van der Waals surface area contributed by atoms with Crippen LogP contribution in [-0.4, -0.2) is 104 Å². The number of pyridine rings is 1. The molecular formula is C26H31N8O9PS2+2. The summed E-state index contributed by atoms with van der Waals surface area (Å²) in [5.74, 6) is -1.23. The zero-order valence-corrected chi connectivity index (χ0v) is 27.0. The monoisotopic (exact) mass is 694 g/mol. The minimum Gasteiger partial charge on any atom is -0.449 e. The second-order valence-electron chi connectivity index (χ2n) is 9.67. The molecule has 0 saturated carbocycles. The minimum atomic E-state index is -2.18. The van der Waals surface area contributed by atoms with Crippen LogP contribution in [0, 0.1) is 0 Å². The highest BCUT2D eigenvalue weighted by Gasteiger charge is 2.55. The lowest BCUT2D eigenvalue weighted by atomic mass is 10.1. The van der Waals surface area contributed by atoms with Crippen LogP contribution in [0.4, 0.5) is 9.93 Å². The maximum Gasteiger partial charge on any atom is 0.569 e. The Kier molecular flexibility index (Phi) is 11.3. The molecule has 46 heavy (non-hydrogen) atoms. The van der Waals surface area contributed by atoms with E-state index in [0.29, 0.717) is 37.6 Å². The first-order chi connectivity index (χ1) is 22.3. The Labute approximate surface area is 272 Å².